The summed E-state index contributed by atoms with van der Waals surface area (Å²) in [5, 5.41) is 14.3. The number of carbonyl (C=O) groups is 3. The van der Waals surface area contributed by atoms with Crippen molar-refractivity contribution in [2.75, 3.05) is 32.8 Å². The Labute approximate surface area is 217 Å². The number of para-hydroxylation sites is 1. The van der Waals surface area contributed by atoms with E-state index in [1.165, 1.54) is 28.9 Å². The van der Waals surface area contributed by atoms with E-state index in [1.54, 1.807) is 39.0 Å². The molecule has 2 heterocycles. The minimum absolute atomic E-state index is 0.00934. The number of urea groups is 1. The first-order valence-electron chi connectivity index (χ1n) is 11.9. The number of amides is 4. The number of hydrogen-bond donors (Lipinski definition) is 2. The van der Waals surface area contributed by atoms with Crippen LogP contribution in [0.5, 0.6) is 0 Å². The van der Waals surface area contributed by atoms with Crippen LogP contribution in [-0.4, -0.2) is 92.2 Å². The van der Waals surface area contributed by atoms with Gasteiger partial charge in [0.15, 0.2) is 5.69 Å². The van der Waals surface area contributed by atoms with Crippen LogP contribution in [0, 0.1) is 0 Å². The molecule has 0 aliphatic carbocycles. The number of nitrogens with zero attached hydrogens (tertiary/aromatic N) is 5. The maximum atomic E-state index is 13.7. The van der Waals surface area contributed by atoms with Gasteiger partial charge in [0.25, 0.3) is 5.91 Å². The molecule has 1 aliphatic rings. The molecule has 0 saturated carbocycles. The Morgan fingerprint density at radius 1 is 1.16 bits per heavy atom. The fourth-order valence-electron chi connectivity index (χ4n) is 3.82. The van der Waals surface area contributed by atoms with Gasteiger partial charge in [0.2, 0.25) is 0 Å². The molecule has 0 bridgehead atoms. The standard InChI is InChI=1S/C24H31F3N6O5/c1-5-32(21(36)31-12-11-30(13-17(31)15-34)22(37)38-23(2,3)4)29-20(35)18-14-33(16-9-7-6-8-10-16)28-19(18)24(25,26)27/h6-10,14,17,34H,5,11-13,15H2,1-4H3,(H,29,35). The zero-order valence-corrected chi connectivity index (χ0v) is 21.5. The van der Waals surface area contributed by atoms with Crippen molar-refractivity contribution in [1.29, 1.82) is 0 Å². The number of aliphatic hydroxyl groups is 1. The van der Waals surface area contributed by atoms with E-state index < -0.39 is 53.7 Å². The Morgan fingerprint density at radius 2 is 1.82 bits per heavy atom. The van der Waals surface area contributed by atoms with E-state index >= 15 is 0 Å². The maximum Gasteiger partial charge on any atom is 0.435 e. The highest BCUT2D eigenvalue weighted by Crippen LogP contribution is 2.31. The largest absolute Gasteiger partial charge is 0.444 e. The number of aromatic nitrogens is 2. The number of piperazine rings is 1. The molecular weight excluding hydrogens is 509 g/mol. The Kier molecular flexibility index (Phi) is 8.54. The highest BCUT2D eigenvalue weighted by atomic mass is 19.4. The highest BCUT2D eigenvalue weighted by Gasteiger charge is 2.41. The number of alkyl halides is 3. The monoisotopic (exact) mass is 540 g/mol. The molecular formula is C24H31F3N6O5. The summed E-state index contributed by atoms with van der Waals surface area (Å²) < 4.78 is 47.4. The molecule has 0 spiro atoms. The molecule has 1 fully saturated rings. The molecule has 1 unspecified atom stereocenters. The van der Waals surface area contributed by atoms with E-state index in [0.29, 0.717) is 5.69 Å². The van der Waals surface area contributed by atoms with Crippen LogP contribution in [-0.2, 0) is 10.9 Å². The van der Waals surface area contributed by atoms with E-state index in [9.17, 15) is 32.7 Å². The summed E-state index contributed by atoms with van der Waals surface area (Å²) in [6.45, 7) is 6.19. The molecule has 0 radical (unpaired) electrons. The second kappa shape index (κ2) is 11.3. The van der Waals surface area contributed by atoms with Crippen molar-refractivity contribution >= 4 is 18.0 Å². The average Bonchev–Trinajstić information content (AvgIpc) is 3.32. The van der Waals surface area contributed by atoms with Gasteiger partial charge < -0.3 is 19.6 Å². The summed E-state index contributed by atoms with van der Waals surface area (Å²) in [5.41, 5.74) is -0.351. The van der Waals surface area contributed by atoms with Gasteiger partial charge in [-0.15, -0.1) is 0 Å². The average molecular weight is 541 g/mol. The highest BCUT2D eigenvalue weighted by molar-refractivity contribution is 5.96. The fraction of sp³-hybridized carbons (Fsp3) is 0.500. The van der Waals surface area contributed by atoms with Crippen LogP contribution >= 0.6 is 0 Å². The fourth-order valence-corrected chi connectivity index (χ4v) is 3.82. The summed E-state index contributed by atoms with van der Waals surface area (Å²) in [4.78, 5) is 41.2. The third kappa shape index (κ3) is 6.73. The number of nitrogens with one attached hydrogen (secondary N) is 1. The molecule has 1 aromatic heterocycles. The van der Waals surface area contributed by atoms with E-state index in [2.05, 4.69) is 10.5 Å². The molecule has 1 atom stereocenters. The minimum atomic E-state index is -4.92. The number of hydrazine groups is 1. The Bertz CT molecular complexity index is 1150. The molecule has 1 saturated heterocycles. The van der Waals surface area contributed by atoms with Gasteiger partial charge >= 0.3 is 18.3 Å². The number of hydrogen-bond acceptors (Lipinski definition) is 6. The lowest BCUT2D eigenvalue weighted by Crippen LogP contribution is -2.62. The normalized spacial score (nSPS) is 16.3. The molecule has 2 N–H and O–H groups in total. The molecule has 14 heteroatoms. The number of aliphatic hydroxyl groups excluding tert-OH is 1. The van der Waals surface area contributed by atoms with Gasteiger partial charge in [-0.2, -0.15) is 18.3 Å². The third-order valence-corrected chi connectivity index (χ3v) is 5.62. The SMILES string of the molecule is CCN(NC(=O)c1cn(-c2ccccc2)nc1C(F)(F)F)C(=O)N1CCN(C(=O)OC(C)(C)C)CC1CO. The van der Waals surface area contributed by atoms with Crippen molar-refractivity contribution in [2.24, 2.45) is 0 Å². The number of halogens is 3. The van der Waals surface area contributed by atoms with Crippen molar-refractivity contribution in [2.45, 2.75) is 45.5 Å². The predicted octanol–water partition coefficient (Wildman–Crippen LogP) is 2.89. The first-order valence-corrected chi connectivity index (χ1v) is 11.9. The summed E-state index contributed by atoms with van der Waals surface area (Å²) in [5.74, 6) is -1.18. The number of rotatable bonds is 4. The van der Waals surface area contributed by atoms with Crippen LogP contribution in [0.3, 0.4) is 0 Å². The topological polar surface area (TPSA) is 120 Å². The molecule has 3 rings (SSSR count). The first-order chi connectivity index (χ1) is 17.7. The first kappa shape index (κ1) is 28.8. The van der Waals surface area contributed by atoms with E-state index in [1.807, 2.05) is 0 Å². The van der Waals surface area contributed by atoms with E-state index in [-0.39, 0.29) is 26.2 Å². The third-order valence-electron chi connectivity index (χ3n) is 5.62. The second-order valence-corrected chi connectivity index (χ2v) is 9.59. The van der Waals surface area contributed by atoms with Gasteiger partial charge in [0.1, 0.15) is 5.60 Å². The van der Waals surface area contributed by atoms with Crippen LogP contribution in [0.25, 0.3) is 5.69 Å². The number of carbonyl (C=O) groups excluding carboxylic acids is 3. The van der Waals surface area contributed by atoms with Gasteiger partial charge in [-0.1, -0.05) is 18.2 Å². The molecule has 2 aromatic rings. The van der Waals surface area contributed by atoms with Crippen LogP contribution in [0.1, 0.15) is 43.7 Å². The summed E-state index contributed by atoms with van der Waals surface area (Å²) in [6, 6.07) is 6.41. The van der Waals surface area contributed by atoms with Gasteiger partial charge in [-0.25, -0.2) is 19.3 Å². The minimum Gasteiger partial charge on any atom is -0.444 e. The molecule has 1 aromatic carbocycles. The molecule has 1 aliphatic heterocycles. The summed E-state index contributed by atoms with van der Waals surface area (Å²) >= 11 is 0. The van der Waals surface area contributed by atoms with Crippen molar-refractivity contribution in [1.82, 2.24) is 30.0 Å². The number of ether oxygens (including phenoxy) is 1. The van der Waals surface area contributed by atoms with Crippen molar-refractivity contribution in [3.8, 4) is 5.69 Å². The Hall–Kier alpha value is -3.81. The van der Waals surface area contributed by atoms with Gasteiger partial charge in [0.05, 0.1) is 23.9 Å². The molecule has 11 nitrogen and oxygen atoms in total. The molecule has 38 heavy (non-hydrogen) atoms. The van der Waals surface area contributed by atoms with Crippen LogP contribution in [0.4, 0.5) is 22.8 Å². The summed E-state index contributed by atoms with van der Waals surface area (Å²) in [6.07, 6.45) is -4.57. The molecule has 4 amide bonds. The number of benzene rings is 1. The Morgan fingerprint density at radius 3 is 2.37 bits per heavy atom. The quantitative estimate of drug-likeness (QED) is 0.576. The second-order valence-electron chi connectivity index (χ2n) is 9.59. The van der Waals surface area contributed by atoms with Crippen molar-refractivity contribution < 1.29 is 37.4 Å². The van der Waals surface area contributed by atoms with E-state index in [4.69, 9.17) is 4.74 Å². The van der Waals surface area contributed by atoms with Gasteiger partial charge in [-0.3, -0.25) is 10.2 Å². The Balaban J connectivity index is 1.77. The van der Waals surface area contributed by atoms with Gasteiger partial charge in [0, 0.05) is 32.4 Å². The lowest BCUT2D eigenvalue weighted by atomic mass is 10.2. The zero-order valence-electron chi connectivity index (χ0n) is 21.5. The van der Waals surface area contributed by atoms with Crippen LogP contribution < -0.4 is 5.43 Å². The summed E-state index contributed by atoms with van der Waals surface area (Å²) in [7, 11) is 0. The van der Waals surface area contributed by atoms with Crippen LogP contribution in [0.15, 0.2) is 36.5 Å². The van der Waals surface area contributed by atoms with Crippen molar-refractivity contribution in [3.05, 3.63) is 47.8 Å². The van der Waals surface area contributed by atoms with Crippen LogP contribution in [0.2, 0.25) is 0 Å². The lowest BCUT2D eigenvalue weighted by molar-refractivity contribution is -0.141. The zero-order chi connectivity index (χ0) is 28.3. The van der Waals surface area contributed by atoms with E-state index in [0.717, 1.165) is 15.9 Å². The maximum absolute atomic E-state index is 13.7. The molecule has 208 valence electrons. The van der Waals surface area contributed by atoms with Crippen molar-refractivity contribution in [3.63, 3.8) is 0 Å². The predicted molar refractivity (Wildman–Crippen MR) is 129 cm³/mol. The smallest absolute Gasteiger partial charge is 0.435 e. The van der Waals surface area contributed by atoms with Gasteiger partial charge in [-0.05, 0) is 39.8 Å². The lowest BCUT2D eigenvalue weighted by Gasteiger charge is -2.42.